The number of aromatic nitrogens is 1. The summed E-state index contributed by atoms with van der Waals surface area (Å²) in [6.07, 6.45) is -4.30. The highest BCUT2D eigenvalue weighted by Gasteiger charge is 2.33. The molecule has 1 aromatic carbocycles. The topological polar surface area (TPSA) is 50.2 Å². The zero-order chi connectivity index (χ0) is 15.8. The van der Waals surface area contributed by atoms with Crippen LogP contribution in [0.15, 0.2) is 30.5 Å². The Morgan fingerprint density at radius 2 is 1.95 bits per heavy atom. The first-order valence-electron chi connectivity index (χ1n) is 5.46. The summed E-state index contributed by atoms with van der Waals surface area (Å²) in [6, 6.07) is 4.16. The van der Waals surface area contributed by atoms with Crippen LogP contribution in [0.25, 0.3) is 11.3 Å². The molecule has 2 rings (SSSR count). The van der Waals surface area contributed by atoms with Gasteiger partial charge in [-0.1, -0.05) is 17.7 Å². The molecule has 0 aliphatic heterocycles. The van der Waals surface area contributed by atoms with Gasteiger partial charge in [0.05, 0.1) is 21.8 Å². The number of hydrogen-bond donors (Lipinski definition) is 1. The van der Waals surface area contributed by atoms with Crippen molar-refractivity contribution in [1.82, 2.24) is 4.98 Å². The van der Waals surface area contributed by atoms with Crippen LogP contribution < -0.4 is 0 Å². The number of carboxylic acids is 1. The average molecular weight is 320 g/mol. The van der Waals surface area contributed by atoms with Crippen molar-refractivity contribution in [2.75, 3.05) is 0 Å². The van der Waals surface area contributed by atoms with Crippen molar-refractivity contribution in [3.63, 3.8) is 0 Å². The second-order valence-electron chi connectivity index (χ2n) is 4.02. The molecule has 0 aliphatic rings. The third-order valence-electron chi connectivity index (χ3n) is 2.65. The summed E-state index contributed by atoms with van der Waals surface area (Å²) in [5.41, 5.74) is -2.69. The van der Waals surface area contributed by atoms with Crippen LogP contribution in [0.4, 0.5) is 17.6 Å². The molecule has 0 fully saturated rings. The summed E-state index contributed by atoms with van der Waals surface area (Å²) in [5, 5.41) is 8.73. The van der Waals surface area contributed by atoms with Crippen LogP contribution in [-0.4, -0.2) is 16.1 Å². The normalized spacial score (nSPS) is 11.5. The summed E-state index contributed by atoms with van der Waals surface area (Å²) in [7, 11) is 0. The number of aromatic carboxylic acids is 1. The minimum Gasteiger partial charge on any atom is -0.478 e. The standard InChI is InChI=1S/C13H6ClF4NO2/c14-9-3-1-2-7(10(9)15)11-8(12(20)21)4-6(5-19-11)13(16,17)18/h1-5H,(H,20,21). The molecule has 0 unspecified atom stereocenters. The Balaban J connectivity index is 2.70. The van der Waals surface area contributed by atoms with Crippen LogP contribution in [-0.2, 0) is 6.18 Å². The van der Waals surface area contributed by atoms with Crippen molar-refractivity contribution < 1.29 is 27.5 Å². The Bertz CT molecular complexity index is 716. The molecule has 1 N–H and O–H groups in total. The van der Waals surface area contributed by atoms with E-state index in [1.54, 1.807) is 0 Å². The van der Waals surface area contributed by atoms with Gasteiger partial charge in [0.15, 0.2) is 5.82 Å². The Hall–Kier alpha value is -2.15. The molecule has 1 heterocycles. The van der Waals surface area contributed by atoms with Gasteiger partial charge in [-0.3, -0.25) is 4.98 Å². The number of hydrogen-bond acceptors (Lipinski definition) is 2. The van der Waals surface area contributed by atoms with Crippen molar-refractivity contribution >= 4 is 17.6 Å². The van der Waals surface area contributed by atoms with Gasteiger partial charge < -0.3 is 5.11 Å². The number of alkyl halides is 3. The fourth-order valence-electron chi connectivity index (χ4n) is 1.68. The molecule has 0 amide bonds. The van der Waals surface area contributed by atoms with Crippen molar-refractivity contribution in [2.24, 2.45) is 0 Å². The lowest BCUT2D eigenvalue weighted by molar-refractivity contribution is -0.137. The van der Waals surface area contributed by atoms with E-state index in [1.807, 2.05) is 0 Å². The minimum absolute atomic E-state index is 0.284. The van der Waals surface area contributed by atoms with Crippen molar-refractivity contribution in [3.8, 4) is 11.3 Å². The van der Waals surface area contributed by atoms with Crippen LogP contribution in [0.5, 0.6) is 0 Å². The number of pyridine rings is 1. The molecular weight excluding hydrogens is 314 g/mol. The lowest BCUT2D eigenvalue weighted by Crippen LogP contribution is -2.10. The Morgan fingerprint density at radius 1 is 1.29 bits per heavy atom. The Kier molecular flexibility index (Phi) is 3.87. The minimum atomic E-state index is -4.75. The molecule has 0 atom stereocenters. The quantitative estimate of drug-likeness (QED) is 0.841. The summed E-state index contributed by atoms with van der Waals surface area (Å²) >= 11 is 5.57. The smallest absolute Gasteiger partial charge is 0.417 e. The summed E-state index contributed by atoms with van der Waals surface area (Å²) < 4.78 is 51.6. The van der Waals surface area contributed by atoms with E-state index in [9.17, 15) is 22.4 Å². The van der Waals surface area contributed by atoms with E-state index in [2.05, 4.69) is 4.98 Å². The van der Waals surface area contributed by atoms with E-state index in [0.29, 0.717) is 12.3 Å². The molecule has 0 saturated carbocycles. The number of benzene rings is 1. The molecule has 0 spiro atoms. The van der Waals surface area contributed by atoms with Crippen molar-refractivity contribution in [3.05, 3.63) is 52.4 Å². The van der Waals surface area contributed by atoms with Crippen LogP contribution in [0.3, 0.4) is 0 Å². The Morgan fingerprint density at radius 3 is 2.52 bits per heavy atom. The highest BCUT2D eigenvalue weighted by Crippen LogP contribution is 2.33. The molecule has 0 saturated heterocycles. The van der Waals surface area contributed by atoms with Crippen LogP contribution >= 0.6 is 11.6 Å². The maximum absolute atomic E-state index is 13.9. The highest BCUT2D eigenvalue weighted by molar-refractivity contribution is 6.31. The molecule has 2 aromatic rings. The van der Waals surface area contributed by atoms with Crippen molar-refractivity contribution in [2.45, 2.75) is 6.18 Å². The van der Waals surface area contributed by atoms with Gasteiger partial charge in [-0.15, -0.1) is 0 Å². The summed E-state index contributed by atoms with van der Waals surface area (Å²) in [4.78, 5) is 14.5. The monoisotopic (exact) mass is 319 g/mol. The van der Waals surface area contributed by atoms with E-state index >= 15 is 0 Å². The van der Waals surface area contributed by atoms with Gasteiger partial charge in [-0.25, -0.2) is 9.18 Å². The first-order valence-corrected chi connectivity index (χ1v) is 5.84. The first kappa shape index (κ1) is 15.2. The first-order chi connectivity index (χ1) is 9.71. The van der Waals surface area contributed by atoms with Crippen molar-refractivity contribution in [1.29, 1.82) is 0 Å². The number of halogens is 5. The fourth-order valence-corrected chi connectivity index (χ4v) is 1.86. The zero-order valence-electron chi connectivity index (χ0n) is 10.1. The highest BCUT2D eigenvalue weighted by atomic mass is 35.5. The average Bonchev–Trinajstić information content (AvgIpc) is 2.40. The molecule has 21 heavy (non-hydrogen) atoms. The van der Waals surface area contributed by atoms with Gasteiger partial charge in [0.25, 0.3) is 0 Å². The van der Waals surface area contributed by atoms with E-state index in [0.717, 1.165) is 0 Å². The summed E-state index contributed by atoms with van der Waals surface area (Å²) in [6.45, 7) is 0. The maximum atomic E-state index is 13.9. The van der Waals surface area contributed by atoms with E-state index in [4.69, 9.17) is 16.7 Å². The molecule has 3 nitrogen and oxygen atoms in total. The Labute approximate surface area is 120 Å². The number of carbonyl (C=O) groups is 1. The number of nitrogens with zero attached hydrogens (tertiary/aromatic N) is 1. The molecule has 8 heteroatoms. The van der Waals surface area contributed by atoms with Crippen LogP contribution in [0.1, 0.15) is 15.9 Å². The fraction of sp³-hybridized carbons (Fsp3) is 0.0769. The third-order valence-corrected chi connectivity index (χ3v) is 2.94. The van der Waals surface area contributed by atoms with Gasteiger partial charge in [0.1, 0.15) is 0 Å². The molecule has 110 valence electrons. The SMILES string of the molecule is O=C(O)c1cc(C(F)(F)F)cnc1-c1cccc(Cl)c1F. The number of carboxylic acid groups (broad SMARTS) is 1. The molecule has 0 bridgehead atoms. The molecule has 0 radical (unpaired) electrons. The van der Waals surface area contributed by atoms with Crippen LogP contribution in [0, 0.1) is 5.82 Å². The van der Waals surface area contributed by atoms with Crippen LogP contribution in [0.2, 0.25) is 5.02 Å². The second kappa shape index (κ2) is 5.33. The maximum Gasteiger partial charge on any atom is 0.417 e. The zero-order valence-corrected chi connectivity index (χ0v) is 10.8. The van der Waals surface area contributed by atoms with E-state index < -0.39 is 34.8 Å². The van der Waals surface area contributed by atoms with Gasteiger partial charge in [-0.05, 0) is 18.2 Å². The lowest BCUT2D eigenvalue weighted by Gasteiger charge is -2.11. The van der Waals surface area contributed by atoms with Gasteiger partial charge in [0, 0.05) is 11.8 Å². The molecular formula is C13H6ClF4NO2. The second-order valence-corrected chi connectivity index (χ2v) is 4.43. The largest absolute Gasteiger partial charge is 0.478 e. The summed E-state index contributed by atoms with van der Waals surface area (Å²) in [5.74, 6) is -2.60. The molecule has 1 aromatic heterocycles. The van der Waals surface area contributed by atoms with E-state index in [1.165, 1.54) is 18.2 Å². The lowest BCUT2D eigenvalue weighted by atomic mass is 10.0. The van der Waals surface area contributed by atoms with Gasteiger partial charge in [-0.2, -0.15) is 13.2 Å². The predicted octanol–water partition coefficient (Wildman–Crippen LogP) is 4.26. The number of rotatable bonds is 2. The van der Waals surface area contributed by atoms with Gasteiger partial charge in [0.2, 0.25) is 0 Å². The predicted molar refractivity (Wildman–Crippen MR) is 66.6 cm³/mol. The third kappa shape index (κ3) is 2.97. The van der Waals surface area contributed by atoms with Gasteiger partial charge >= 0.3 is 12.1 Å². The molecule has 0 aliphatic carbocycles. The van der Waals surface area contributed by atoms with E-state index in [-0.39, 0.29) is 10.6 Å².